The fourth-order valence-corrected chi connectivity index (χ4v) is 1.90. The molecular weight excluding hydrogens is 264 g/mol. The van der Waals surface area contributed by atoms with Gasteiger partial charge in [0, 0.05) is 35.9 Å². The van der Waals surface area contributed by atoms with E-state index in [0.717, 1.165) is 11.1 Å². The molecule has 1 N–H and O–H groups in total. The second kappa shape index (κ2) is 5.31. The maximum Gasteiger partial charge on any atom is 0.237 e. The van der Waals surface area contributed by atoms with Gasteiger partial charge in [-0.2, -0.15) is 0 Å². The zero-order valence-electron chi connectivity index (χ0n) is 10.6. The zero-order valence-corrected chi connectivity index (χ0v) is 11.4. The lowest BCUT2D eigenvalue weighted by molar-refractivity contribution is 0.592. The van der Waals surface area contributed by atoms with E-state index in [0.29, 0.717) is 0 Å². The van der Waals surface area contributed by atoms with Crippen molar-refractivity contribution in [2.75, 3.05) is 4.72 Å². The Balaban J connectivity index is 2.21. The van der Waals surface area contributed by atoms with E-state index in [4.69, 9.17) is 0 Å². The van der Waals surface area contributed by atoms with Crippen molar-refractivity contribution >= 4 is 16.0 Å². The van der Waals surface area contributed by atoms with Gasteiger partial charge in [-0.15, -0.1) is 0 Å². The van der Waals surface area contributed by atoms with Gasteiger partial charge in [0.05, 0.1) is 5.25 Å². The molecule has 2 aromatic heterocycles. The molecule has 0 bridgehead atoms. The first kappa shape index (κ1) is 13.4. The molecule has 0 spiro atoms. The number of nitrogens with zero attached hydrogens (tertiary/aromatic N) is 3. The smallest absolute Gasteiger partial charge is 0.237 e. The summed E-state index contributed by atoms with van der Waals surface area (Å²) in [5, 5.41) is -0.533. The van der Waals surface area contributed by atoms with Crippen molar-refractivity contribution in [1.29, 1.82) is 0 Å². The average Bonchev–Trinajstić information content (AvgIpc) is 2.40. The van der Waals surface area contributed by atoms with Gasteiger partial charge >= 0.3 is 0 Å². The third-order valence-corrected chi connectivity index (χ3v) is 4.21. The van der Waals surface area contributed by atoms with Crippen LogP contribution < -0.4 is 4.72 Å². The van der Waals surface area contributed by atoms with Gasteiger partial charge in [-0.1, -0.05) is 6.07 Å². The summed E-state index contributed by atoms with van der Waals surface area (Å²) in [6.07, 6.45) is 6.48. The molecule has 19 heavy (non-hydrogen) atoms. The van der Waals surface area contributed by atoms with Crippen molar-refractivity contribution in [2.24, 2.45) is 0 Å². The van der Waals surface area contributed by atoms with Gasteiger partial charge in [0.1, 0.15) is 0 Å². The Labute approximate surface area is 112 Å². The Kier molecular flexibility index (Phi) is 3.75. The summed E-state index contributed by atoms with van der Waals surface area (Å²) >= 11 is 0. The second-order valence-electron chi connectivity index (χ2n) is 4.23. The van der Waals surface area contributed by atoms with E-state index in [1.165, 1.54) is 0 Å². The summed E-state index contributed by atoms with van der Waals surface area (Å²) in [6.45, 7) is 3.18. The van der Waals surface area contributed by atoms with Crippen molar-refractivity contribution in [3.63, 3.8) is 0 Å². The minimum atomic E-state index is -3.42. The summed E-state index contributed by atoms with van der Waals surface area (Å²) < 4.78 is 25.6. The fourth-order valence-electron chi connectivity index (χ4n) is 1.31. The predicted molar refractivity (Wildman–Crippen MR) is 72.9 cm³/mol. The van der Waals surface area contributed by atoms with Crippen LogP contribution in [0.4, 0.5) is 5.95 Å². The Morgan fingerprint density at radius 2 is 1.79 bits per heavy atom. The molecule has 2 rings (SSSR count). The van der Waals surface area contributed by atoms with Crippen LogP contribution >= 0.6 is 0 Å². The summed E-state index contributed by atoms with van der Waals surface area (Å²) in [5.41, 5.74) is 1.65. The number of anilines is 1. The molecule has 0 radical (unpaired) electrons. The summed E-state index contributed by atoms with van der Waals surface area (Å²) in [5.74, 6) is 0.0707. The van der Waals surface area contributed by atoms with Crippen molar-refractivity contribution in [3.8, 4) is 11.1 Å². The molecule has 0 unspecified atom stereocenters. The largest absolute Gasteiger partial charge is 0.264 e. The average molecular weight is 278 g/mol. The number of hydrogen-bond acceptors (Lipinski definition) is 5. The number of hydrogen-bond donors (Lipinski definition) is 1. The van der Waals surface area contributed by atoms with E-state index in [-0.39, 0.29) is 5.95 Å². The summed E-state index contributed by atoms with van der Waals surface area (Å²) in [4.78, 5) is 12.0. The van der Waals surface area contributed by atoms with Gasteiger partial charge in [-0.25, -0.2) is 18.4 Å². The Bertz CT molecular complexity index is 639. The lowest BCUT2D eigenvalue weighted by atomic mass is 10.2. The number of nitrogens with one attached hydrogen (secondary N) is 1. The molecule has 0 aliphatic carbocycles. The van der Waals surface area contributed by atoms with E-state index in [1.807, 2.05) is 12.1 Å². The molecule has 2 heterocycles. The van der Waals surface area contributed by atoms with Crippen LogP contribution in [0.1, 0.15) is 13.8 Å². The summed E-state index contributed by atoms with van der Waals surface area (Å²) in [7, 11) is -3.42. The molecule has 0 aliphatic rings. The van der Waals surface area contributed by atoms with Gasteiger partial charge in [0.25, 0.3) is 0 Å². The van der Waals surface area contributed by atoms with E-state index in [9.17, 15) is 8.42 Å². The highest BCUT2D eigenvalue weighted by atomic mass is 32.2. The fraction of sp³-hybridized carbons (Fsp3) is 0.250. The van der Waals surface area contributed by atoms with Crippen molar-refractivity contribution in [2.45, 2.75) is 19.1 Å². The minimum Gasteiger partial charge on any atom is -0.264 e. The molecule has 6 nitrogen and oxygen atoms in total. The third kappa shape index (κ3) is 3.25. The van der Waals surface area contributed by atoms with Crippen LogP contribution in [0.2, 0.25) is 0 Å². The SMILES string of the molecule is CC(C)S(=O)(=O)Nc1ncc(-c2cccnc2)cn1. The first-order valence-electron chi connectivity index (χ1n) is 5.73. The number of rotatable bonds is 4. The minimum absolute atomic E-state index is 0.0707. The highest BCUT2D eigenvalue weighted by Gasteiger charge is 2.16. The van der Waals surface area contributed by atoms with Crippen LogP contribution in [0.5, 0.6) is 0 Å². The number of pyridine rings is 1. The van der Waals surface area contributed by atoms with Crippen molar-refractivity contribution < 1.29 is 8.42 Å². The molecule has 7 heteroatoms. The first-order valence-corrected chi connectivity index (χ1v) is 7.28. The molecule has 0 aliphatic heterocycles. The van der Waals surface area contributed by atoms with Crippen LogP contribution in [-0.2, 0) is 10.0 Å². The Morgan fingerprint density at radius 3 is 2.32 bits per heavy atom. The molecule has 0 aromatic carbocycles. The maximum atomic E-state index is 11.7. The molecule has 2 aromatic rings. The van der Waals surface area contributed by atoms with Gasteiger partial charge in [-0.05, 0) is 19.9 Å². The Hall–Kier alpha value is -2.02. The molecule has 0 saturated heterocycles. The first-order chi connectivity index (χ1) is 8.99. The van der Waals surface area contributed by atoms with Crippen LogP contribution in [0, 0.1) is 0 Å². The van der Waals surface area contributed by atoms with Gasteiger partial charge < -0.3 is 0 Å². The quantitative estimate of drug-likeness (QED) is 0.919. The molecule has 0 atom stereocenters. The second-order valence-corrected chi connectivity index (χ2v) is 6.47. The zero-order chi connectivity index (χ0) is 13.9. The molecular formula is C12H14N4O2S. The van der Waals surface area contributed by atoms with Gasteiger partial charge in [0.15, 0.2) is 0 Å². The predicted octanol–water partition coefficient (Wildman–Crippen LogP) is 1.69. The third-order valence-electron chi connectivity index (χ3n) is 2.50. The van der Waals surface area contributed by atoms with Crippen molar-refractivity contribution in [1.82, 2.24) is 15.0 Å². The van der Waals surface area contributed by atoms with Crippen LogP contribution in [0.3, 0.4) is 0 Å². The standard InChI is InChI=1S/C12H14N4O2S/c1-9(2)19(17,18)16-12-14-7-11(8-15-12)10-4-3-5-13-6-10/h3-9H,1-2H3,(H,14,15,16). The lowest BCUT2D eigenvalue weighted by Gasteiger charge is -2.09. The van der Waals surface area contributed by atoms with Crippen LogP contribution in [0.25, 0.3) is 11.1 Å². The molecule has 0 amide bonds. The number of aromatic nitrogens is 3. The van der Waals surface area contributed by atoms with E-state index >= 15 is 0 Å². The van der Waals surface area contributed by atoms with E-state index in [2.05, 4.69) is 19.7 Å². The highest BCUT2D eigenvalue weighted by Crippen LogP contribution is 2.16. The molecule has 0 saturated carbocycles. The van der Waals surface area contributed by atoms with Crippen molar-refractivity contribution in [3.05, 3.63) is 36.9 Å². The van der Waals surface area contributed by atoms with Gasteiger partial charge in [0.2, 0.25) is 16.0 Å². The van der Waals surface area contributed by atoms with Crippen LogP contribution in [-0.4, -0.2) is 28.6 Å². The monoisotopic (exact) mass is 278 g/mol. The highest BCUT2D eigenvalue weighted by molar-refractivity contribution is 7.93. The van der Waals surface area contributed by atoms with E-state index < -0.39 is 15.3 Å². The maximum absolute atomic E-state index is 11.7. The van der Waals surface area contributed by atoms with Crippen LogP contribution in [0.15, 0.2) is 36.9 Å². The number of sulfonamides is 1. The molecule has 0 fully saturated rings. The molecule has 100 valence electrons. The lowest BCUT2D eigenvalue weighted by Crippen LogP contribution is -2.23. The topological polar surface area (TPSA) is 84.8 Å². The summed E-state index contributed by atoms with van der Waals surface area (Å²) in [6, 6.07) is 3.69. The van der Waals surface area contributed by atoms with Gasteiger partial charge in [-0.3, -0.25) is 9.71 Å². The Morgan fingerprint density at radius 1 is 1.11 bits per heavy atom. The normalized spacial score (nSPS) is 11.5. The van der Waals surface area contributed by atoms with E-state index in [1.54, 1.807) is 38.6 Å².